The molecule has 35 heavy (non-hydrogen) atoms. The van der Waals surface area contributed by atoms with Gasteiger partial charge in [0.25, 0.3) is 0 Å². The van der Waals surface area contributed by atoms with Crippen molar-refractivity contribution in [3.63, 3.8) is 0 Å². The van der Waals surface area contributed by atoms with Crippen LogP contribution in [-0.4, -0.2) is 65.5 Å². The predicted molar refractivity (Wildman–Crippen MR) is 141 cm³/mol. The molecule has 5 rings (SSSR count). The van der Waals surface area contributed by atoms with Gasteiger partial charge < -0.3 is 9.64 Å². The maximum Gasteiger partial charge on any atom is 0.244 e. The zero-order valence-corrected chi connectivity index (χ0v) is 20.9. The Balaban J connectivity index is 1.69. The number of guanidine groups is 4. The van der Waals surface area contributed by atoms with Crippen LogP contribution in [0.2, 0.25) is 0 Å². The number of amidine groups is 2. The second-order valence-electron chi connectivity index (χ2n) is 8.52. The van der Waals surface area contributed by atoms with Crippen molar-refractivity contribution in [3.8, 4) is 5.75 Å². The van der Waals surface area contributed by atoms with E-state index in [0.29, 0.717) is 35.5 Å². The van der Waals surface area contributed by atoms with E-state index in [4.69, 9.17) is 34.7 Å². The summed E-state index contributed by atoms with van der Waals surface area (Å²) in [4.78, 5) is 32.6. The quantitative estimate of drug-likeness (QED) is 0.666. The minimum Gasteiger partial charge on any atom is -0.497 e. The largest absolute Gasteiger partial charge is 0.497 e. The van der Waals surface area contributed by atoms with Crippen molar-refractivity contribution < 1.29 is 4.74 Å². The van der Waals surface area contributed by atoms with Gasteiger partial charge in [-0.25, -0.2) is 4.90 Å². The molecule has 0 bridgehead atoms. The van der Waals surface area contributed by atoms with Gasteiger partial charge in [0.1, 0.15) is 5.75 Å². The van der Waals surface area contributed by atoms with E-state index in [0.717, 1.165) is 41.1 Å². The normalized spacial score (nSPS) is 16.3. The summed E-state index contributed by atoms with van der Waals surface area (Å²) < 4.78 is 5.37. The molecule has 0 spiro atoms. The van der Waals surface area contributed by atoms with Crippen LogP contribution in [0.15, 0.2) is 66.4 Å². The molecular formula is C26H28N8O. The molecule has 9 nitrogen and oxygen atoms in total. The molecule has 0 fully saturated rings. The predicted octanol–water partition coefficient (Wildman–Crippen LogP) is 3.92. The molecule has 0 radical (unpaired) electrons. The third-order valence-corrected chi connectivity index (χ3v) is 6.17. The van der Waals surface area contributed by atoms with Crippen LogP contribution in [0.4, 0.5) is 0 Å². The third-order valence-electron chi connectivity index (χ3n) is 6.17. The molecule has 3 heterocycles. The van der Waals surface area contributed by atoms with E-state index in [1.54, 1.807) is 12.0 Å². The lowest BCUT2D eigenvalue weighted by Crippen LogP contribution is -2.49. The maximum absolute atomic E-state index is 5.37. The van der Waals surface area contributed by atoms with Gasteiger partial charge in [-0.1, -0.05) is 23.8 Å². The summed E-state index contributed by atoms with van der Waals surface area (Å²) in [5, 5.41) is 0. The first kappa shape index (κ1) is 22.6. The number of hydrogen-bond donors (Lipinski definition) is 0. The molecule has 0 amide bonds. The molecule has 3 aliphatic heterocycles. The topological polar surface area (TPSA) is 89.9 Å². The number of rotatable bonds is 5. The Morgan fingerprint density at radius 3 is 1.86 bits per heavy atom. The third kappa shape index (κ3) is 4.03. The average Bonchev–Trinajstić information content (AvgIpc) is 2.84. The highest BCUT2D eigenvalue weighted by Gasteiger charge is 2.36. The molecule has 0 saturated carbocycles. The maximum atomic E-state index is 5.37. The van der Waals surface area contributed by atoms with Crippen LogP contribution in [0.1, 0.15) is 41.7 Å². The molecule has 0 unspecified atom stereocenters. The van der Waals surface area contributed by atoms with Gasteiger partial charge in [0.05, 0.1) is 7.11 Å². The summed E-state index contributed by atoms with van der Waals surface area (Å²) in [6, 6.07) is 12.1. The van der Waals surface area contributed by atoms with Crippen LogP contribution < -0.4 is 4.74 Å². The van der Waals surface area contributed by atoms with Gasteiger partial charge in [-0.05, 0) is 63.9 Å². The van der Waals surface area contributed by atoms with Crippen LogP contribution in [0, 0.1) is 20.8 Å². The van der Waals surface area contributed by atoms with Crippen molar-refractivity contribution in [2.75, 3.05) is 20.2 Å². The summed E-state index contributed by atoms with van der Waals surface area (Å²) in [5.74, 6) is 3.85. The first-order valence-corrected chi connectivity index (χ1v) is 11.7. The minimum atomic E-state index is 0.450. The molecule has 2 aromatic rings. The van der Waals surface area contributed by atoms with Gasteiger partial charge >= 0.3 is 0 Å². The summed E-state index contributed by atoms with van der Waals surface area (Å²) in [5.41, 5.74) is 5.11. The van der Waals surface area contributed by atoms with Crippen LogP contribution in [0.5, 0.6) is 5.75 Å². The van der Waals surface area contributed by atoms with Gasteiger partial charge in [0.2, 0.25) is 23.8 Å². The molecule has 178 valence electrons. The fourth-order valence-corrected chi connectivity index (χ4v) is 4.24. The van der Waals surface area contributed by atoms with Crippen LogP contribution in [-0.2, 0) is 0 Å². The summed E-state index contributed by atoms with van der Waals surface area (Å²) in [6.07, 6.45) is 0. The standard InChI is InChI=1S/C26H28N8O/c1-7-33(8-2)23-31-25-29-21(19-11-9-15(3)13-16(19)4)27-24-28-22(30-26(32-23)34(24)25)20-12-10-18(35-6)14-17(20)5/h9-14H,7-8H2,1-6H3. The number of aliphatic imine (C=N–C) groups is 6. The van der Waals surface area contributed by atoms with E-state index in [9.17, 15) is 0 Å². The molecule has 0 N–H and O–H groups in total. The molecule has 0 aromatic heterocycles. The van der Waals surface area contributed by atoms with Crippen molar-refractivity contribution in [1.82, 2.24) is 9.80 Å². The number of benzene rings is 2. The minimum absolute atomic E-state index is 0.450. The molecule has 3 aliphatic rings. The molecule has 2 aromatic carbocycles. The Labute approximate surface area is 205 Å². The Bertz CT molecular complexity index is 1390. The smallest absolute Gasteiger partial charge is 0.244 e. The monoisotopic (exact) mass is 468 g/mol. The summed E-state index contributed by atoms with van der Waals surface area (Å²) in [7, 11) is 1.65. The fourth-order valence-electron chi connectivity index (χ4n) is 4.24. The van der Waals surface area contributed by atoms with Crippen molar-refractivity contribution in [1.29, 1.82) is 0 Å². The first-order valence-electron chi connectivity index (χ1n) is 11.7. The summed E-state index contributed by atoms with van der Waals surface area (Å²) >= 11 is 0. The number of ether oxygens (including phenoxy) is 1. The lowest BCUT2D eigenvalue weighted by atomic mass is 10.0. The van der Waals surface area contributed by atoms with E-state index in [-0.39, 0.29) is 0 Å². The zero-order valence-electron chi connectivity index (χ0n) is 20.9. The van der Waals surface area contributed by atoms with Crippen molar-refractivity contribution in [2.24, 2.45) is 30.0 Å². The average molecular weight is 469 g/mol. The Morgan fingerprint density at radius 2 is 1.29 bits per heavy atom. The SMILES string of the molecule is CCN(CC)C1=NC2=NC(c3ccc(C)cc3C)=NC3=NC(c4ccc(OC)cc4C)=NC(=N1)N32. The van der Waals surface area contributed by atoms with Gasteiger partial charge in [-0.3, -0.25) is 0 Å². The Hall–Kier alpha value is -4.14. The molecule has 0 saturated heterocycles. The van der Waals surface area contributed by atoms with Crippen molar-refractivity contribution in [3.05, 3.63) is 64.2 Å². The van der Waals surface area contributed by atoms with Crippen LogP contribution >= 0.6 is 0 Å². The van der Waals surface area contributed by atoms with Crippen molar-refractivity contribution >= 4 is 35.5 Å². The fraction of sp³-hybridized carbons (Fsp3) is 0.308. The number of nitrogens with zero attached hydrogens (tertiary/aromatic N) is 8. The van der Waals surface area contributed by atoms with E-state index in [1.807, 2.05) is 31.2 Å². The van der Waals surface area contributed by atoms with Gasteiger partial charge in [-0.15, -0.1) is 0 Å². The highest BCUT2D eigenvalue weighted by atomic mass is 16.5. The highest BCUT2D eigenvalue weighted by Crippen LogP contribution is 2.25. The molecule has 9 heteroatoms. The Morgan fingerprint density at radius 1 is 0.714 bits per heavy atom. The number of aryl methyl sites for hydroxylation is 3. The summed E-state index contributed by atoms with van der Waals surface area (Å²) in [6.45, 7) is 11.8. The Kier molecular flexibility index (Phi) is 5.76. The van der Waals surface area contributed by atoms with Crippen LogP contribution in [0.25, 0.3) is 0 Å². The van der Waals surface area contributed by atoms with Crippen molar-refractivity contribution in [2.45, 2.75) is 34.6 Å². The van der Waals surface area contributed by atoms with Gasteiger partial charge in [0, 0.05) is 24.2 Å². The molecule has 0 atom stereocenters. The number of methoxy groups -OCH3 is 1. The molecular weight excluding hydrogens is 440 g/mol. The van der Waals surface area contributed by atoms with E-state index in [2.05, 4.69) is 44.7 Å². The van der Waals surface area contributed by atoms with Crippen LogP contribution in [0.3, 0.4) is 0 Å². The highest BCUT2D eigenvalue weighted by molar-refractivity contribution is 6.33. The van der Waals surface area contributed by atoms with Gasteiger partial charge in [-0.2, -0.15) is 30.0 Å². The lowest BCUT2D eigenvalue weighted by Gasteiger charge is -2.32. The second-order valence-corrected chi connectivity index (χ2v) is 8.52. The van der Waals surface area contributed by atoms with E-state index >= 15 is 0 Å². The van der Waals surface area contributed by atoms with E-state index in [1.165, 1.54) is 5.56 Å². The van der Waals surface area contributed by atoms with E-state index < -0.39 is 0 Å². The second kappa shape index (κ2) is 8.90. The number of hydrogen-bond acceptors (Lipinski definition) is 9. The lowest BCUT2D eigenvalue weighted by molar-refractivity contribution is 0.414. The molecule has 0 aliphatic carbocycles. The zero-order chi connectivity index (χ0) is 24.7. The van der Waals surface area contributed by atoms with Gasteiger partial charge in [0.15, 0.2) is 11.7 Å². The first-order chi connectivity index (χ1) is 16.9.